The summed E-state index contributed by atoms with van der Waals surface area (Å²) in [6.45, 7) is 3.40. The first-order chi connectivity index (χ1) is 13.1. The van der Waals surface area contributed by atoms with Gasteiger partial charge in [0.15, 0.2) is 0 Å². The Labute approximate surface area is 157 Å². The van der Waals surface area contributed by atoms with Gasteiger partial charge in [-0.1, -0.05) is 12.1 Å². The van der Waals surface area contributed by atoms with Crippen LogP contribution in [0.4, 0.5) is 14.5 Å². The number of piperazine rings is 1. The van der Waals surface area contributed by atoms with Gasteiger partial charge in [-0.25, -0.2) is 8.78 Å². The Balaban J connectivity index is 1.59. The van der Waals surface area contributed by atoms with Crippen molar-refractivity contribution in [1.29, 1.82) is 0 Å². The molecule has 0 bridgehead atoms. The molecule has 1 N–H and O–H groups in total. The van der Waals surface area contributed by atoms with Gasteiger partial charge in [0.2, 0.25) is 0 Å². The zero-order valence-corrected chi connectivity index (χ0v) is 15.1. The molecule has 2 aliphatic rings. The lowest BCUT2D eigenvalue weighted by Crippen LogP contribution is -2.48. The van der Waals surface area contributed by atoms with Crippen molar-refractivity contribution in [3.63, 3.8) is 0 Å². The van der Waals surface area contributed by atoms with E-state index in [9.17, 15) is 13.6 Å². The van der Waals surface area contributed by atoms with Crippen LogP contribution < -0.4 is 10.2 Å². The molecule has 142 valence electrons. The second kappa shape index (κ2) is 7.64. The maximum Gasteiger partial charge on any atom is 0.254 e. The molecule has 1 amide bonds. The topological polar surface area (TPSA) is 35.6 Å². The van der Waals surface area contributed by atoms with Crippen molar-refractivity contribution >= 4 is 11.6 Å². The lowest BCUT2D eigenvalue weighted by atomic mass is 10.0. The van der Waals surface area contributed by atoms with Crippen LogP contribution in [0, 0.1) is 11.6 Å². The molecule has 2 heterocycles. The maximum atomic E-state index is 14.6. The van der Waals surface area contributed by atoms with E-state index in [2.05, 4.69) is 5.32 Å². The first-order valence-electron chi connectivity index (χ1n) is 9.45. The SMILES string of the molecule is O=C(c1ccc(N2CCCC2)c(F)c1)N1CCNCC1c1cccc(F)c1. The minimum Gasteiger partial charge on any atom is -0.369 e. The van der Waals surface area contributed by atoms with E-state index in [1.807, 2.05) is 11.0 Å². The fraction of sp³-hybridized carbons (Fsp3) is 0.381. The molecule has 0 radical (unpaired) electrons. The minimum absolute atomic E-state index is 0.224. The monoisotopic (exact) mass is 371 g/mol. The van der Waals surface area contributed by atoms with Crippen LogP contribution in [0.2, 0.25) is 0 Å². The predicted octanol–water partition coefficient (Wildman–Crippen LogP) is 3.35. The minimum atomic E-state index is -0.361. The van der Waals surface area contributed by atoms with E-state index in [1.165, 1.54) is 18.2 Å². The zero-order valence-electron chi connectivity index (χ0n) is 15.1. The van der Waals surface area contributed by atoms with Gasteiger partial charge in [0.25, 0.3) is 5.91 Å². The third-order valence-electron chi connectivity index (χ3n) is 5.38. The second-order valence-electron chi connectivity index (χ2n) is 7.13. The third-order valence-corrected chi connectivity index (χ3v) is 5.38. The molecule has 2 fully saturated rings. The van der Waals surface area contributed by atoms with Gasteiger partial charge in [-0.15, -0.1) is 0 Å². The molecule has 2 aromatic carbocycles. The highest BCUT2D eigenvalue weighted by molar-refractivity contribution is 5.95. The van der Waals surface area contributed by atoms with Crippen molar-refractivity contribution in [3.8, 4) is 0 Å². The van der Waals surface area contributed by atoms with Gasteiger partial charge >= 0.3 is 0 Å². The van der Waals surface area contributed by atoms with E-state index in [1.54, 1.807) is 23.1 Å². The standard InChI is InChI=1S/C21H23F2N3O/c22-17-5-3-4-15(12-17)20-14-24-8-11-26(20)21(27)16-6-7-19(18(23)13-16)25-9-1-2-10-25/h3-7,12-13,20,24H,1-2,8-11,14H2. The van der Waals surface area contributed by atoms with Gasteiger partial charge in [0.05, 0.1) is 11.7 Å². The van der Waals surface area contributed by atoms with Crippen LogP contribution in [0.25, 0.3) is 0 Å². The number of nitrogens with one attached hydrogen (secondary N) is 1. The van der Waals surface area contributed by atoms with Crippen molar-refractivity contribution in [1.82, 2.24) is 10.2 Å². The zero-order chi connectivity index (χ0) is 18.8. The highest BCUT2D eigenvalue weighted by Gasteiger charge is 2.29. The molecule has 4 nitrogen and oxygen atoms in total. The average molecular weight is 371 g/mol. The van der Waals surface area contributed by atoms with Gasteiger partial charge < -0.3 is 15.1 Å². The molecule has 1 unspecified atom stereocenters. The highest BCUT2D eigenvalue weighted by Crippen LogP contribution is 2.28. The van der Waals surface area contributed by atoms with E-state index >= 15 is 0 Å². The molecular weight excluding hydrogens is 348 g/mol. The number of rotatable bonds is 3. The first-order valence-corrected chi connectivity index (χ1v) is 9.45. The van der Waals surface area contributed by atoms with E-state index in [4.69, 9.17) is 0 Å². The highest BCUT2D eigenvalue weighted by atomic mass is 19.1. The fourth-order valence-electron chi connectivity index (χ4n) is 3.98. The number of halogens is 2. The number of benzene rings is 2. The number of anilines is 1. The molecule has 2 aliphatic heterocycles. The van der Waals surface area contributed by atoms with Crippen LogP contribution >= 0.6 is 0 Å². The molecule has 2 saturated heterocycles. The van der Waals surface area contributed by atoms with Crippen LogP contribution in [-0.4, -0.2) is 43.5 Å². The summed E-state index contributed by atoms with van der Waals surface area (Å²) in [6.07, 6.45) is 2.13. The molecule has 0 spiro atoms. The Morgan fingerprint density at radius 2 is 1.85 bits per heavy atom. The average Bonchev–Trinajstić information content (AvgIpc) is 3.22. The summed E-state index contributed by atoms with van der Waals surface area (Å²) in [6, 6.07) is 10.8. The summed E-state index contributed by atoms with van der Waals surface area (Å²) < 4.78 is 28.3. The van der Waals surface area contributed by atoms with Crippen LogP contribution in [0.15, 0.2) is 42.5 Å². The number of carbonyl (C=O) groups excluding carboxylic acids is 1. The summed E-state index contributed by atoms with van der Waals surface area (Å²) >= 11 is 0. The van der Waals surface area contributed by atoms with E-state index in [-0.39, 0.29) is 23.6 Å². The van der Waals surface area contributed by atoms with Crippen molar-refractivity contribution < 1.29 is 13.6 Å². The van der Waals surface area contributed by atoms with Crippen LogP contribution in [0.3, 0.4) is 0 Å². The lowest BCUT2D eigenvalue weighted by molar-refractivity contribution is 0.0633. The summed E-state index contributed by atoms with van der Waals surface area (Å²) in [5.41, 5.74) is 1.63. The van der Waals surface area contributed by atoms with E-state index in [0.717, 1.165) is 31.5 Å². The Bertz CT molecular complexity index is 836. The smallest absolute Gasteiger partial charge is 0.254 e. The number of amides is 1. The number of carbonyl (C=O) groups is 1. The molecule has 0 aliphatic carbocycles. The molecule has 6 heteroatoms. The Morgan fingerprint density at radius 3 is 2.59 bits per heavy atom. The van der Waals surface area contributed by atoms with Gasteiger partial charge in [0, 0.05) is 38.3 Å². The van der Waals surface area contributed by atoms with Crippen molar-refractivity contribution in [3.05, 3.63) is 65.2 Å². The summed E-state index contributed by atoms with van der Waals surface area (Å²) in [7, 11) is 0. The normalized spacial score (nSPS) is 20.1. The summed E-state index contributed by atoms with van der Waals surface area (Å²) in [4.78, 5) is 16.8. The quantitative estimate of drug-likeness (QED) is 0.899. The van der Waals surface area contributed by atoms with Crippen molar-refractivity contribution in [2.75, 3.05) is 37.6 Å². The van der Waals surface area contributed by atoms with Crippen LogP contribution in [-0.2, 0) is 0 Å². The predicted molar refractivity (Wildman–Crippen MR) is 101 cm³/mol. The molecule has 0 aromatic heterocycles. The van der Waals surface area contributed by atoms with E-state index < -0.39 is 0 Å². The number of nitrogens with zero attached hydrogens (tertiary/aromatic N) is 2. The van der Waals surface area contributed by atoms with Crippen molar-refractivity contribution in [2.24, 2.45) is 0 Å². The van der Waals surface area contributed by atoms with Crippen LogP contribution in [0.5, 0.6) is 0 Å². The van der Waals surface area contributed by atoms with Gasteiger partial charge in [-0.3, -0.25) is 4.79 Å². The third kappa shape index (κ3) is 3.67. The van der Waals surface area contributed by atoms with E-state index in [0.29, 0.717) is 30.9 Å². The largest absolute Gasteiger partial charge is 0.369 e. The Morgan fingerprint density at radius 1 is 1.04 bits per heavy atom. The molecule has 27 heavy (non-hydrogen) atoms. The van der Waals surface area contributed by atoms with Crippen LogP contribution in [0.1, 0.15) is 34.8 Å². The Hall–Kier alpha value is -2.47. The fourth-order valence-corrected chi connectivity index (χ4v) is 3.98. The first kappa shape index (κ1) is 17.9. The Kier molecular flexibility index (Phi) is 5.07. The lowest BCUT2D eigenvalue weighted by Gasteiger charge is -2.36. The van der Waals surface area contributed by atoms with Gasteiger partial charge in [-0.05, 0) is 48.7 Å². The molecule has 2 aromatic rings. The van der Waals surface area contributed by atoms with Crippen molar-refractivity contribution in [2.45, 2.75) is 18.9 Å². The molecule has 4 rings (SSSR count). The molecule has 0 saturated carbocycles. The van der Waals surface area contributed by atoms with Gasteiger partial charge in [0.1, 0.15) is 11.6 Å². The molecule has 1 atom stereocenters. The summed E-state index contributed by atoms with van der Waals surface area (Å²) in [5, 5.41) is 3.25. The molecular formula is C21H23F2N3O. The second-order valence-corrected chi connectivity index (χ2v) is 7.13. The summed E-state index contributed by atoms with van der Waals surface area (Å²) in [5.74, 6) is -0.913. The van der Waals surface area contributed by atoms with Gasteiger partial charge in [-0.2, -0.15) is 0 Å². The number of hydrogen-bond acceptors (Lipinski definition) is 3. The number of hydrogen-bond donors (Lipinski definition) is 1. The maximum absolute atomic E-state index is 14.6.